The van der Waals surface area contributed by atoms with Crippen molar-refractivity contribution in [3.05, 3.63) is 42.0 Å². The molecule has 0 amide bonds. The summed E-state index contributed by atoms with van der Waals surface area (Å²) >= 11 is 0. The van der Waals surface area contributed by atoms with Gasteiger partial charge in [0.1, 0.15) is 0 Å². The molecule has 1 atom stereocenters. The molecule has 0 aliphatic carbocycles. The fraction of sp³-hybridized carbons (Fsp3) is 0.385. The van der Waals surface area contributed by atoms with E-state index in [1.165, 1.54) is 12.1 Å². The minimum Gasteiger partial charge on any atom is -0.310 e. The molecule has 1 aromatic carbocycles. The Bertz CT molecular complexity index is 417. The number of hydrogen-bond acceptors (Lipinski definition) is 1. The van der Waals surface area contributed by atoms with Crippen molar-refractivity contribution in [2.24, 2.45) is 0 Å². The second-order valence-electron chi connectivity index (χ2n) is 4.22. The summed E-state index contributed by atoms with van der Waals surface area (Å²) < 4.78 is 38.5. The number of rotatable bonds is 2. The molecule has 1 saturated heterocycles. The second-order valence-corrected chi connectivity index (χ2v) is 4.22. The van der Waals surface area contributed by atoms with E-state index in [1.54, 1.807) is 6.07 Å². The highest BCUT2D eigenvalue weighted by Crippen LogP contribution is 2.36. The summed E-state index contributed by atoms with van der Waals surface area (Å²) in [6.07, 6.45) is -2.49. The van der Waals surface area contributed by atoms with Gasteiger partial charge in [-0.15, -0.1) is 0 Å². The van der Waals surface area contributed by atoms with Crippen LogP contribution in [0.4, 0.5) is 13.2 Å². The zero-order valence-electron chi connectivity index (χ0n) is 9.35. The van der Waals surface area contributed by atoms with Gasteiger partial charge in [-0.3, -0.25) is 0 Å². The Morgan fingerprint density at radius 3 is 2.59 bits per heavy atom. The average Bonchev–Trinajstić information content (AvgIpc) is 2.80. The molecule has 1 heterocycles. The van der Waals surface area contributed by atoms with Crippen LogP contribution in [0.3, 0.4) is 0 Å². The first-order valence-electron chi connectivity index (χ1n) is 5.59. The Morgan fingerprint density at radius 1 is 1.29 bits per heavy atom. The molecule has 1 fully saturated rings. The molecule has 2 rings (SSSR count). The number of nitrogens with one attached hydrogen (secondary N) is 1. The number of hydrogen-bond donors (Lipinski definition) is 1. The molecule has 0 saturated carbocycles. The molecule has 0 spiro atoms. The first-order chi connectivity index (χ1) is 8.00. The predicted octanol–water partition coefficient (Wildman–Crippen LogP) is 3.47. The lowest BCUT2D eigenvalue weighted by Gasteiger charge is -2.18. The Morgan fingerprint density at radius 2 is 2.00 bits per heavy atom. The summed E-state index contributed by atoms with van der Waals surface area (Å²) in [6, 6.07) is 5.59. The average molecular weight is 241 g/mol. The molecule has 1 aliphatic heterocycles. The highest BCUT2D eigenvalue weighted by molar-refractivity contribution is 5.70. The minimum absolute atomic E-state index is 0.0292. The number of benzene rings is 1. The summed E-state index contributed by atoms with van der Waals surface area (Å²) in [6.45, 7) is 4.66. The van der Waals surface area contributed by atoms with Crippen LogP contribution in [-0.2, 0) is 6.18 Å². The summed E-state index contributed by atoms with van der Waals surface area (Å²) in [5.41, 5.74) is 0.147. The Hall–Kier alpha value is -1.29. The molecule has 0 aromatic heterocycles. The SMILES string of the molecule is C=C(c1ccccc1C(F)(F)F)C1CCCN1. The van der Waals surface area contributed by atoms with E-state index in [1.807, 2.05) is 0 Å². The molecular formula is C13H14F3N. The van der Waals surface area contributed by atoms with Crippen molar-refractivity contribution in [1.82, 2.24) is 5.32 Å². The third-order valence-electron chi connectivity index (χ3n) is 3.06. The molecule has 1 nitrogen and oxygen atoms in total. The molecule has 1 N–H and O–H groups in total. The van der Waals surface area contributed by atoms with Crippen LogP contribution < -0.4 is 5.32 Å². The molecule has 0 bridgehead atoms. The van der Waals surface area contributed by atoms with Crippen molar-refractivity contribution in [2.45, 2.75) is 25.1 Å². The highest BCUT2D eigenvalue weighted by atomic mass is 19.4. The fourth-order valence-electron chi connectivity index (χ4n) is 2.18. The van der Waals surface area contributed by atoms with Crippen LogP contribution >= 0.6 is 0 Å². The van der Waals surface area contributed by atoms with Crippen molar-refractivity contribution < 1.29 is 13.2 Å². The first kappa shape index (κ1) is 12.2. The molecule has 4 heteroatoms. The first-order valence-corrected chi connectivity index (χ1v) is 5.59. The molecule has 1 unspecified atom stereocenters. The van der Waals surface area contributed by atoms with E-state index < -0.39 is 11.7 Å². The second kappa shape index (κ2) is 4.53. The third-order valence-corrected chi connectivity index (χ3v) is 3.06. The van der Waals surface area contributed by atoms with Gasteiger partial charge in [-0.2, -0.15) is 13.2 Å². The van der Waals surface area contributed by atoms with Crippen LogP contribution in [0.2, 0.25) is 0 Å². The molecule has 1 aromatic rings. The Labute approximate surface area is 98.3 Å². The third kappa shape index (κ3) is 2.52. The zero-order valence-corrected chi connectivity index (χ0v) is 9.35. The van der Waals surface area contributed by atoms with Gasteiger partial charge >= 0.3 is 6.18 Å². The molecular weight excluding hydrogens is 227 g/mol. The molecule has 92 valence electrons. The van der Waals surface area contributed by atoms with Crippen molar-refractivity contribution in [3.63, 3.8) is 0 Å². The van der Waals surface area contributed by atoms with E-state index in [-0.39, 0.29) is 11.6 Å². The van der Waals surface area contributed by atoms with E-state index in [4.69, 9.17) is 0 Å². The van der Waals surface area contributed by atoms with E-state index in [0.717, 1.165) is 25.5 Å². The van der Waals surface area contributed by atoms with Gasteiger partial charge in [0.05, 0.1) is 5.56 Å². The van der Waals surface area contributed by atoms with E-state index in [0.29, 0.717) is 5.57 Å². The maximum absolute atomic E-state index is 12.8. The van der Waals surface area contributed by atoms with Gasteiger partial charge in [-0.1, -0.05) is 24.8 Å². The van der Waals surface area contributed by atoms with Crippen LogP contribution in [0.1, 0.15) is 24.0 Å². The van der Waals surface area contributed by atoms with Crippen molar-refractivity contribution in [2.75, 3.05) is 6.54 Å². The molecule has 1 aliphatic rings. The Kier molecular flexibility index (Phi) is 3.24. The van der Waals surface area contributed by atoms with Crippen molar-refractivity contribution >= 4 is 5.57 Å². The van der Waals surface area contributed by atoms with Gasteiger partial charge in [-0.25, -0.2) is 0 Å². The van der Waals surface area contributed by atoms with Crippen LogP contribution in [0.15, 0.2) is 30.8 Å². The predicted molar refractivity (Wildman–Crippen MR) is 61.5 cm³/mol. The molecule has 0 radical (unpaired) electrons. The van der Waals surface area contributed by atoms with Crippen molar-refractivity contribution in [3.8, 4) is 0 Å². The summed E-state index contributed by atoms with van der Waals surface area (Å²) in [5, 5.41) is 3.17. The number of halogens is 3. The maximum atomic E-state index is 12.8. The number of alkyl halides is 3. The lowest BCUT2D eigenvalue weighted by Crippen LogP contribution is -2.23. The highest BCUT2D eigenvalue weighted by Gasteiger charge is 2.34. The minimum atomic E-state index is -4.32. The zero-order chi connectivity index (χ0) is 12.5. The van der Waals surface area contributed by atoms with Crippen molar-refractivity contribution in [1.29, 1.82) is 0 Å². The quantitative estimate of drug-likeness (QED) is 0.836. The van der Waals surface area contributed by atoms with Gasteiger partial charge in [0.15, 0.2) is 0 Å². The van der Waals surface area contributed by atoms with E-state index in [9.17, 15) is 13.2 Å². The standard InChI is InChI=1S/C13H14F3N/c1-9(12-7-4-8-17-12)10-5-2-3-6-11(10)13(14,15)16/h2-3,5-6,12,17H,1,4,7-8H2. The van der Waals surface area contributed by atoms with Crippen LogP contribution in [0.25, 0.3) is 5.57 Å². The summed E-state index contributed by atoms with van der Waals surface area (Å²) in [4.78, 5) is 0. The topological polar surface area (TPSA) is 12.0 Å². The van der Waals surface area contributed by atoms with Gasteiger partial charge in [0.25, 0.3) is 0 Å². The van der Waals surface area contributed by atoms with Gasteiger partial charge < -0.3 is 5.32 Å². The Balaban J connectivity index is 2.34. The van der Waals surface area contributed by atoms with Crippen LogP contribution in [-0.4, -0.2) is 12.6 Å². The smallest absolute Gasteiger partial charge is 0.310 e. The summed E-state index contributed by atoms with van der Waals surface area (Å²) in [5.74, 6) is 0. The van der Waals surface area contributed by atoms with Crippen LogP contribution in [0.5, 0.6) is 0 Å². The largest absolute Gasteiger partial charge is 0.416 e. The monoisotopic (exact) mass is 241 g/mol. The van der Waals surface area contributed by atoms with E-state index >= 15 is 0 Å². The lowest BCUT2D eigenvalue weighted by atomic mass is 9.94. The normalized spacial score (nSPS) is 20.5. The van der Waals surface area contributed by atoms with E-state index in [2.05, 4.69) is 11.9 Å². The van der Waals surface area contributed by atoms with Gasteiger partial charge in [0.2, 0.25) is 0 Å². The van der Waals surface area contributed by atoms with Gasteiger partial charge in [-0.05, 0) is 36.6 Å². The van der Waals surface area contributed by atoms with Crippen LogP contribution in [0, 0.1) is 0 Å². The lowest BCUT2D eigenvalue weighted by molar-refractivity contribution is -0.137. The molecule has 17 heavy (non-hydrogen) atoms. The van der Waals surface area contributed by atoms with Gasteiger partial charge in [0, 0.05) is 6.04 Å². The fourth-order valence-corrected chi connectivity index (χ4v) is 2.18. The maximum Gasteiger partial charge on any atom is 0.416 e. The summed E-state index contributed by atoms with van der Waals surface area (Å²) in [7, 11) is 0.